The monoisotopic (exact) mass is 363 g/mol. The lowest BCUT2D eigenvalue weighted by atomic mass is 10.0. The third-order valence-corrected chi connectivity index (χ3v) is 3.89. The summed E-state index contributed by atoms with van der Waals surface area (Å²) in [4.78, 5) is 4.51. The first kappa shape index (κ1) is 18.6. The predicted octanol–water partition coefficient (Wildman–Crippen LogP) is 5.27. The lowest BCUT2D eigenvalue weighted by molar-refractivity contribution is 0.242. The zero-order valence-corrected chi connectivity index (χ0v) is 16.1. The van der Waals surface area contributed by atoms with Crippen molar-refractivity contribution in [1.82, 2.24) is 15.2 Å². The van der Waals surface area contributed by atoms with Crippen molar-refractivity contribution in [3.8, 4) is 5.75 Å². The Morgan fingerprint density at radius 1 is 0.889 bits per heavy atom. The Balaban J connectivity index is 1.72. The Kier molecular flexibility index (Phi) is 5.86. The van der Waals surface area contributed by atoms with E-state index in [2.05, 4.69) is 45.7 Å². The minimum absolute atomic E-state index is 0.150. The average Bonchev–Trinajstić information content (AvgIpc) is 2.63. The Morgan fingerprint density at radius 2 is 1.63 bits per heavy atom. The van der Waals surface area contributed by atoms with Crippen LogP contribution in [0.4, 0.5) is 23.1 Å². The zero-order chi connectivity index (χ0) is 19.2. The van der Waals surface area contributed by atoms with Crippen molar-refractivity contribution in [3.63, 3.8) is 0 Å². The molecule has 0 saturated heterocycles. The molecule has 0 unspecified atom stereocenters. The zero-order valence-electron chi connectivity index (χ0n) is 16.1. The smallest absolute Gasteiger partial charge is 0.249 e. The van der Waals surface area contributed by atoms with Gasteiger partial charge in [0.05, 0.1) is 12.3 Å². The quantitative estimate of drug-likeness (QED) is 0.596. The SMILES string of the molecule is CC(C)Oc1ccc(Nc2cnnc(Nc3ccccc3C(C)C)n2)cc1. The maximum Gasteiger partial charge on any atom is 0.249 e. The molecule has 0 fully saturated rings. The van der Waals surface area contributed by atoms with Crippen LogP contribution in [0.2, 0.25) is 0 Å². The highest BCUT2D eigenvalue weighted by Crippen LogP contribution is 2.26. The molecule has 0 amide bonds. The summed E-state index contributed by atoms with van der Waals surface area (Å²) in [5.41, 5.74) is 3.10. The molecular weight excluding hydrogens is 338 g/mol. The van der Waals surface area contributed by atoms with Crippen LogP contribution >= 0.6 is 0 Å². The van der Waals surface area contributed by atoms with Gasteiger partial charge in [-0.25, -0.2) is 0 Å². The van der Waals surface area contributed by atoms with E-state index in [1.54, 1.807) is 6.20 Å². The molecule has 0 radical (unpaired) electrons. The van der Waals surface area contributed by atoms with Crippen molar-refractivity contribution in [2.24, 2.45) is 0 Å². The molecule has 0 aliphatic carbocycles. The van der Waals surface area contributed by atoms with E-state index < -0.39 is 0 Å². The summed E-state index contributed by atoms with van der Waals surface area (Å²) in [5, 5.41) is 14.6. The Hall–Kier alpha value is -3.15. The second-order valence-corrected chi connectivity index (χ2v) is 6.85. The molecule has 3 rings (SSSR count). The van der Waals surface area contributed by atoms with E-state index in [0.29, 0.717) is 17.7 Å². The Labute approximate surface area is 160 Å². The van der Waals surface area contributed by atoms with Crippen molar-refractivity contribution < 1.29 is 4.74 Å². The van der Waals surface area contributed by atoms with Gasteiger partial charge in [-0.3, -0.25) is 0 Å². The van der Waals surface area contributed by atoms with Gasteiger partial charge in [0.15, 0.2) is 5.82 Å². The van der Waals surface area contributed by atoms with Crippen molar-refractivity contribution in [1.29, 1.82) is 0 Å². The van der Waals surface area contributed by atoms with E-state index in [-0.39, 0.29) is 6.10 Å². The highest BCUT2D eigenvalue weighted by molar-refractivity contribution is 5.61. The van der Waals surface area contributed by atoms with Gasteiger partial charge in [-0.05, 0) is 55.7 Å². The van der Waals surface area contributed by atoms with E-state index in [1.165, 1.54) is 5.56 Å². The number of nitrogens with zero attached hydrogens (tertiary/aromatic N) is 3. The van der Waals surface area contributed by atoms with E-state index in [0.717, 1.165) is 17.1 Å². The van der Waals surface area contributed by atoms with Crippen LogP contribution < -0.4 is 15.4 Å². The van der Waals surface area contributed by atoms with Crippen LogP contribution in [0, 0.1) is 0 Å². The molecular formula is C21H25N5O. The Morgan fingerprint density at radius 3 is 2.33 bits per heavy atom. The summed E-state index contributed by atoms with van der Waals surface area (Å²) in [6.07, 6.45) is 1.75. The number of anilines is 4. The van der Waals surface area contributed by atoms with Crippen LogP contribution in [0.15, 0.2) is 54.7 Å². The van der Waals surface area contributed by atoms with Gasteiger partial charge >= 0.3 is 0 Å². The number of rotatable bonds is 7. The van der Waals surface area contributed by atoms with Gasteiger partial charge in [0, 0.05) is 11.4 Å². The number of benzene rings is 2. The van der Waals surface area contributed by atoms with Crippen LogP contribution in [-0.4, -0.2) is 21.3 Å². The topological polar surface area (TPSA) is 72.0 Å². The van der Waals surface area contributed by atoms with E-state index >= 15 is 0 Å². The molecule has 6 nitrogen and oxygen atoms in total. The molecule has 140 valence electrons. The van der Waals surface area contributed by atoms with E-state index in [4.69, 9.17) is 4.74 Å². The summed E-state index contributed by atoms with van der Waals surface area (Å²) < 4.78 is 5.66. The summed E-state index contributed by atoms with van der Waals surface area (Å²) >= 11 is 0. The number of ether oxygens (including phenoxy) is 1. The third-order valence-electron chi connectivity index (χ3n) is 3.89. The minimum atomic E-state index is 0.150. The molecule has 0 spiro atoms. The first-order valence-electron chi connectivity index (χ1n) is 9.10. The fourth-order valence-corrected chi connectivity index (χ4v) is 2.69. The highest BCUT2D eigenvalue weighted by atomic mass is 16.5. The fourth-order valence-electron chi connectivity index (χ4n) is 2.69. The molecule has 0 saturated carbocycles. The van der Waals surface area contributed by atoms with Crippen LogP contribution in [-0.2, 0) is 0 Å². The maximum atomic E-state index is 5.66. The summed E-state index contributed by atoms with van der Waals surface area (Å²) in [5.74, 6) is 2.30. The van der Waals surface area contributed by atoms with Crippen LogP contribution in [0.1, 0.15) is 39.2 Å². The summed E-state index contributed by atoms with van der Waals surface area (Å²) in [6, 6.07) is 15.9. The first-order valence-corrected chi connectivity index (χ1v) is 9.10. The van der Waals surface area contributed by atoms with Gasteiger partial charge in [0.25, 0.3) is 0 Å². The summed E-state index contributed by atoms with van der Waals surface area (Å²) in [6.45, 7) is 8.32. The lowest BCUT2D eigenvalue weighted by Crippen LogP contribution is -2.06. The Bertz CT molecular complexity index is 878. The largest absolute Gasteiger partial charge is 0.491 e. The molecule has 2 N–H and O–H groups in total. The number of nitrogens with one attached hydrogen (secondary N) is 2. The normalized spacial score (nSPS) is 10.9. The van der Waals surface area contributed by atoms with Crippen molar-refractivity contribution >= 4 is 23.1 Å². The van der Waals surface area contributed by atoms with Gasteiger partial charge in [-0.15, -0.1) is 5.10 Å². The average molecular weight is 363 g/mol. The van der Waals surface area contributed by atoms with Gasteiger partial charge in [-0.1, -0.05) is 32.0 Å². The van der Waals surface area contributed by atoms with Crippen molar-refractivity contribution in [2.75, 3.05) is 10.6 Å². The van der Waals surface area contributed by atoms with E-state index in [9.17, 15) is 0 Å². The van der Waals surface area contributed by atoms with Crippen LogP contribution in [0.5, 0.6) is 5.75 Å². The van der Waals surface area contributed by atoms with Gasteiger partial charge in [0.1, 0.15) is 5.75 Å². The van der Waals surface area contributed by atoms with Crippen LogP contribution in [0.3, 0.4) is 0 Å². The van der Waals surface area contributed by atoms with E-state index in [1.807, 2.05) is 56.3 Å². The van der Waals surface area contributed by atoms with Crippen molar-refractivity contribution in [3.05, 3.63) is 60.3 Å². The summed E-state index contributed by atoms with van der Waals surface area (Å²) in [7, 11) is 0. The molecule has 1 aromatic heterocycles. The standard InChI is InChI=1S/C21H25N5O/c1-14(2)18-7-5-6-8-19(18)24-21-25-20(13-22-26-21)23-16-9-11-17(12-10-16)27-15(3)4/h5-15H,1-4H3,(H2,23,24,25,26). The molecule has 1 heterocycles. The second kappa shape index (κ2) is 8.49. The molecule has 2 aromatic carbocycles. The third kappa shape index (κ3) is 5.17. The van der Waals surface area contributed by atoms with Gasteiger partial charge in [0.2, 0.25) is 5.95 Å². The highest BCUT2D eigenvalue weighted by Gasteiger charge is 2.08. The van der Waals surface area contributed by atoms with Crippen molar-refractivity contribution in [2.45, 2.75) is 39.7 Å². The van der Waals surface area contributed by atoms with Gasteiger partial charge in [-0.2, -0.15) is 10.1 Å². The molecule has 0 aliphatic rings. The number of hydrogen-bond acceptors (Lipinski definition) is 6. The number of aromatic nitrogens is 3. The number of para-hydroxylation sites is 1. The molecule has 0 atom stereocenters. The molecule has 27 heavy (non-hydrogen) atoms. The number of hydrogen-bond donors (Lipinski definition) is 2. The minimum Gasteiger partial charge on any atom is -0.491 e. The van der Waals surface area contributed by atoms with Crippen LogP contribution in [0.25, 0.3) is 0 Å². The second-order valence-electron chi connectivity index (χ2n) is 6.85. The fraction of sp³-hybridized carbons (Fsp3) is 0.286. The van der Waals surface area contributed by atoms with Gasteiger partial charge < -0.3 is 15.4 Å². The molecule has 0 aliphatic heterocycles. The molecule has 6 heteroatoms. The maximum absolute atomic E-state index is 5.66. The first-order chi connectivity index (χ1) is 13.0. The predicted molar refractivity (Wildman–Crippen MR) is 109 cm³/mol. The molecule has 3 aromatic rings. The molecule has 0 bridgehead atoms. The lowest BCUT2D eigenvalue weighted by Gasteiger charge is -2.14.